The number of ether oxygens (including phenoxy) is 1. The third kappa shape index (κ3) is 3.12. The van der Waals surface area contributed by atoms with Crippen LogP contribution in [0.1, 0.15) is 25.8 Å². The van der Waals surface area contributed by atoms with Crippen molar-refractivity contribution in [2.24, 2.45) is 11.1 Å². The molecule has 0 fully saturated rings. The number of hydrogen-bond donors (Lipinski definition) is 1. The Labute approximate surface area is 118 Å². The predicted molar refractivity (Wildman–Crippen MR) is 78.2 cm³/mol. The van der Waals surface area contributed by atoms with Gasteiger partial charge in [-0.1, -0.05) is 18.2 Å². The van der Waals surface area contributed by atoms with E-state index in [0.29, 0.717) is 18.4 Å². The summed E-state index contributed by atoms with van der Waals surface area (Å²) in [5.74, 6) is -0.172. The van der Waals surface area contributed by atoms with E-state index in [2.05, 4.69) is 24.3 Å². The van der Waals surface area contributed by atoms with E-state index < -0.39 is 5.41 Å². The summed E-state index contributed by atoms with van der Waals surface area (Å²) in [7, 11) is 0. The van der Waals surface area contributed by atoms with Gasteiger partial charge >= 0.3 is 5.97 Å². The van der Waals surface area contributed by atoms with E-state index in [1.807, 2.05) is 25.6 Å². The van der Waals surface area contributed by atoms with E-state index in [1.54, 1.807) is 0 Å². The second-order valence-corrected chi connectivity index (χ2v) is 6.58. The van der Waals surface area contributed by atoms with Gasteiger partial charge in [0.2, 0.25) is 0 Å². The smallest absolute Gasteiger partial charge is 0.313 e. The fraction of sp³-hybridized carbons (Fsp3) is 0.533. The Morgan fingerprint density at radius 2 is 2.26 bits per heavy atom. The number of rotatable bonds is 5. The summed E-state index contributed by atoms with van der Waals surface area (Å²) in [4.78, 5) is 13.4. The van der Waals surface area contributed by atoms with E-state index in [-0.39, 0.29) is 5.97 Å². The van der Waals surface area contributed by atoms with Gasteiger partial charge in [-0.15, -0.1) is 11.8 Å². The Hall–Kier alpha value is -1.00. The normalized spacial score (nSPS) is 20.7. The number of nitrogens with two attached hydrogens (primary N) is 1. The van der Waals surface area contributed by atoms with Crippen molar-refractivity contribution in [3.63, 3.8) is 0 Å². The molecule has 1 aromatic rings. The zero-order valence-corrected chi connectivity index (χ0v) is 12.3. The zero-order chi connectivity index (χ0) is 13.9. The van der Waals surface area contributed by atoms with Crippen LogP contribution in [0.15, 0.2) is 29.2 Å². The van der Waals surface area contributed by atoms with Crippen LogP contribution in [0.5, 0.6) is 0 Å². The molecule has 0 spiro atoms. The van der Waals surface area contributed by atoms with Gasteiger partial charge < -0.3 is 10.5 Å². The van der Waals surface area contributed by atoms with Crippen molar-refractivity contribution >= 4 is 17.7 Å². The predicted octanol–water partition coefficient (Wildman–Crippen LogP) is 2.62. The number of esters is 1. The van der Waals surface area contributed by atoms with Crippen molar-refractivity contribution in [2.75, 3.05) is 13.2 Å². The topological polar surface area (TPSA) is 52.3 Å². The second-order valence-electron chi connectivity index (χ2n) is 5.24. The van der Waals surface area contributed by atoms with E-state index in [4.69, 9.17) is 10.5 Å². The molecular formula is C15H21NO2S. The van der Waals surface area contributed by atoms with Crippen LogP contribution in [0.25, 0.3) is 0 Å². The van der Waals surface area contributed by atoms with Crippen molar-refractivity contribution < 1.29 is 9.53 Å². The fourth-order valence-corrected chi connectivity index (χ4v) is 3.96. The van der Waals surface area contributed by atoms with Crippen LogP contribution in [0, 0.1) is 5.41 Å². The molecule has 0 bridgehead atoms. The number of benzene rings is 1. The molecule has 4 heteroatoms. The summed E-state index contributed by atoms with van der Waals surface area (Å²) < 4.78 is 5.16. The maximum Gasteiger partial charge on any atom is 0.313 e. The van der Waals surface area contributed by atoms with Gasteiger partial charge in [0, 0.05) is 16.7 Å². The number of fused-ring (bicyclic) bond motifs is 1. The van der Waals surface area contributed by atoms with E-state index in [1.165, 1.54) is 10.5 Å². The van der Waals surface area contributed by atoms with E-state index in [0.717, 1.165) is 12.8 Å². The molecule has 1 aliphatic rings. The van der Waals surface area contributed by atoms with Crippen LogP contribution in [-0.4, -0.2) is 24.4 Å². The van der Waals surface area contributed by atoms with Crippen LogP contribution in [0.3, 0.4) is 0 Å². The van der Waals surface area contributed by atoms with Crippen LogP contribution < -0.4 is 5.73 Å². The lowest BCUT2D eigenvalue weighted by atomic mass is 9.84. The molecule has 0 amide bonds. The van der Waals surface area contributed by atoms with Crippen LogP contribution >= 0.6 is 11.8 Å². The molecule has 2 atom stereocenters. The summed E-state index contributed by atoms with van der Waals surface area (Å²) in [5, 5.41) is 0.412. The van der Waals surface area contributed by atoms with Gasteiger partial charge in [0.1, 0.15) is 0 Å². The number of carbonyl (C=O) groups is 1. The maximum atomic E-state index is 12.0. The van der Waals surface area contributed by atoms with Crippen molar-refractivity contribution in [1.82, 2.24) is 0 Å². The molecule has 0 aliphatic carbocycles. The van der Waals surface area contributed by atoms with Crippen molar-refractivity contribution in [2.45, 2.75) is 36.8 Å². The van der Waals surface area contributed by atoms with E-state index >= 15 is 0 Å². The molecule has 1 aliphatic heterocycles. The standard InChI is InChI=1S/C15H21NO2S/c1-3-18-14(17)15(2,10-16)9-12-8-11-6-4-5-7-13(11)19-12/h4-7,12H,3,8-10,16H2,1-2H3. The number of carbonyl (C=O) groups excluding carboxylic acids is 1. The largest absolute Gasteiger partial charge is 0.466 e. The van der Waals surface area contributed by atoms with Crippen molar-refractivity contribution in [3.05, 3.63) is 29.8 Å². The first kappa shape index (κ1) is 14.4. The lowest BCUT2D eigenvalue weighted by Gasteiger charge is -2.27. The molecule has 3 nitrogen and oxygen atoms in total. The molecule has 2 unspecified atom stereocenters. The highest BCUT2D eigenvalue weighted by molar-refractivity contribution is 8.00. The summed E-state index contributed by atoms with van der Waals surface area (Å²) in [6.07, 6.45) is 1.78. The van der Waals surface area contributed by atoms with Crippen molar-refractivity contribution in [1.29, 1.82) is 0 Å². The Balaban J connectivity index is 2.03. The average molecular weight is 279 g/mol. The first-order valence-corrected chi connectivity index (χ1v) is 7.59. The average Bonchev–Trinajstić information content (AvgIpc) is 2.80. The molecule has 0 aromatic heterocycles. The Kier molecular flexibility index (Phi) is 4.53. The monoisotopic (exact) mass is 279 g/mol. The highest BCUT2D eigenvalue weighted by Crippen LogP contribution is 2.42. The van der Waals surface area contributed by atoms with Crippen LogP contribution in [-0.2, 0) is 16.0 Å². The summed E-state index contributed by atoms with van der Waals surface area (Å²) >= 11 is 1.85. The lowest BCUT2D eigenvalue weighted by Crippen LogP contribution is -2.39. The fourth-order valence-electron chi connectivity index (χ4n) is 2.43. The van der Waals surface area contributed by atoms with Crippen LogP contribution in [0.4, 0.5) is 0 Å². The van der Waals surface area contributed by atoms with Gasteiger partial charge in [-0.3, -0.25) is 4.79 Å². The molecule has 2 N–H and O–H groups in total. The minimum absolute atomic E-state index is 0.172. The molecule has 2 rings (SSSR count). The van der Waals surface area contributed by atoms with Gasteiger partial charge in [0.25, 0.3) is 0 Å². The molecule has 0 saturated carbocycles. The third-order valence-electron chi connectivity index (χ3n) is 3.61. The molecule has 1 aromatic carbocycles. The summed E-state index contributed by atoms with van der Waals surface area (Å²) in [6.45, 7) is 4.48. The van der Waals surface area contributed by atoms with Crippen LogP contribution in [0.2, 0.25) is 0 Å². The quantitative estimate of drug-likeness (QED) is 0.842. The minimum atomic E-state index is -0.574. The maximum absolute atomic E-state index is 12.0. The van der Waals surface area contributed by atoms with E-state index in [9.17, 15) is 4.79 Å². The lowest BCUT2D eigenvalue weighted by molar-refractivity contribution is -0.154. The summed E-state index contributed by atoms with van der Waals surface area (Å²) in [6, 6.07) is 8.42. The molecule has 1 heterocycles. The first-order valence-electron chi connectivity index (χ1n) is 6.71. The Morgan fingerprint density at radius 3 is 2.89 bits per heavy atom. The first-order chi connectivity index (χ1) is 9.09. The molecule has 0 radical (unpaired) electrons. The van der Waals surface area contributed by atoms with Crippen molar-refractivity contribution in [3.8, 4) is 0 Å². The number of hydrogen-bond acceptors (Lipinski definition) is 4. The van der Waals surface area contributed by atoms with Gasteiger partial charge in [0.15, 0.2) is 0 Å². The van der Waals surface area contributed by atoms with Gasteiger partial charge in [0.05, 0.1) is 12.0 Å². The third-order valence-corrected chi connectivity index (χ3v) is 4.93. The highest BCUT2D eigenvalue weighted by Gasteiger charge is 2.38. The number of thioether (sulfide) groups is 1. The molecule has 0 saturated heterocycles. The van der Waals surface area contributed by atoms with Gasteiger partial charge in [-0.2, -0.15) is 0 Å². The molecular weight excluding hydrogens is 258 g/mol. The SMILES string of the molecule is CCOC(=O)C(C)(CN)CC1Cc2ccccc2S1. The van der Waals surface area contributed by atoms with Gasteiger partial charge in [-0.05, 0) is 38.3 Å². The Bertz CT molecular complexity index is 438. The van der Waals surface area contributed by atoms with Gasteiger partial charge in [-0.25, -0.2) is 0 Å². The second kappa shape index (κ2) is 5.97. The summed E-state index contributed by atoms with van der Waals surface area (Å²) in [5.41, 5.74) is 6.61. The molecule has 19 heavy (non-hydrogen) atoms. The Morgan fingerprint density at radius 1 is 1.53 bits per heavy atom. The molecule has 104 valence electrons. The zero-order valence-electron chi connectivity index (χ0n) is 11.5. The minimum Gasteiger partial charge on any atom is -0.466 e. The highest BCUT2D eigenvalue weighted by atomic mass is 32.2.